The summed E-state index contributed by atoms with van der Waals surface area (Å²) in [6.07, 6.45) is 8.64. The molecule has 22 heavy (non-hydrogen) atoms. The van der Waals surface area contributed by atoms with Crippen molar-refractivity contribution in [2.75, 3.05) is 26.2 Å². The fourth-order valence-corrected chi connectivity index (χ4v) is 3.19. The molecule has 0 aromatic carbocycles. The molecule has 0 saturated carbocycles. The highest BCUT2D eigenvalue weighted by molar-refractivity contribution is 5.67. The van der Waals surface area contributed by atoms with Gasteiger partial charge in [0.25, 0.3) is 0 Å². The molecule has 4 heteroatoms. The summed E-state index contributed by atoms with van der Waals surface area (Å²) < 4.78 is 0.654. The molecule has 0 radical (unpaired) electrons. The highest BCUT2D eigenvalue weighted by atomic mass is 16.4. The third-order valence-electron chi connectivity index (χ3n) is 4.12. The molecule has 0 spiro atoms. The molecule has 2 unspecified atom stereocenters. The number of unbranched alkanes of at least 4 members (excludes halogenated alkanes) is 2. The van der Waals surface area contributed by atoms with Gasteiger partial charge in [0.1, 0.15) is 12.6 Å². The van der Waals surface area contributed by atoms with Gasteiger partial charge in [-0.15, -0.1) is 0 Å². The largest absolute Gasteiger partial charge is 0.550 e. The van der Waals surface area contributed by atoms with Crippen LogP contribution >= 0.6 is 0 Å². The number of hydrogen-bond acceptors (Lipinski definition) is 3. The van der Waals surface area contributed by atoms with Crippen LogP contribution < -0.4 is 5.11 Å². The first kappa shape index (κ1) is 21.1. The molecule has 0 aliphatic heterocycles. The number of carboxylic acids is 1. The molecule has 0 aromatic rings. The van der Waals surface area contributed by atoms with E-state index in [4.69, 9.17) is 0 Å². The molecule has 0 aliphatic rings. The Kier molecular flexibility index (Phi) is 11.2. The third kappa shape index (κ3) is 8.54. The fourth-order valence-electron chi connectivity index (χ4n) is 3.19. The highest BCUT2D eigenvalue weighted by Crippen LogP contribution is 2.16. The van der Waals surface area contributed by atoms with Gasteiger partial charge in [-0.05, 0) is 19.3 Å². The van der Waals surface area contributed by atoms with Crippen LogP contribution in [0, 0.1) is 5.92 Å². The van der Waals surface area contributed by atoms with Crippen LogP contribution in [0.4, 0.5) is 0 Å². The quantitative estimate of drug-likeness (QED) is 0.322. The lowest BCUT2D eigenvalue weighted by atomic mass is 10.1. The van der Waals surface area contributed by atoms with Crippen molar-refractivity contribution in [2.45, 2.75) is 65.9 Å². The van der Waals surface area contributed by atoms with Gasteiger partial charge in [0.15, 0.2) is 0 Å². The average molecular weight is 313 g/mol. The predicted molar refractivity (Wildman–Crippen MR) is 89.2 cm³/mol. The minimum Gasteiger partial charge on any atom is -0.550 e. The Balaban J connectivity index is 4.88. The van der Waals surface area contributed by atoms with Crippen LogP contribution in [0.1, 0.15) is 59.8 Å². The van der Waals surface area contributed by atoms with Crippen molar-refractivity contribution < 1.29 is 19.5 Å². The van der Waals surface area contributed by atoms with Gasteiger partial charge in [-0.2, -0.15) is 0 Å². The SMILES string of the molecule is CCCC/C=C/C(O)C[N+](CCC)(CCC)CC(C)C(=O)[O-]. The summed E-state index contributed by atoms with van der Waals surface area (Å²) in [6, 6.07) is 0. The molecular formula is C18H35NO3. The van der Waals surface area contributed by atoms with E-state index in [1.807, 2.05) is 12.2 Å². The zero-order valence-electron chi connectivity index (χ0n) is 14.9. The average Bonchev–Trinajstić information content (AvgIpc) is 2.44. The molecule has 130 valence electrons. The van der Waals surface area contributed by atoms with E-state index < -0.39 is 18.0 Å². The van der Waals surface area contributed by atoms with Crippen LogP contribution in [0.5, 0.6) is 0 Å². The lowest BCUT2D eigenvalue weighted by Gasteiger charge is -2.41. The number of allylic oxidation sites excluding steroid dienone is 1. The van der Waals surface area contributed by atoms with Crippen molar-refractivity contribution in [1.29, 1.82) is 0 Å². The maximum Gasteiger partial charge on any atom is 0.121 e. The molecule has 0 aliphatic carbocycles. The van der Waals surface area contributed by atoms with E-state index in [2.05, 4.69) is 20.8 Å². The van der Waals surface area contributed by atoms with E-state index in [0.717, 1.165) is 45.2 Å². The van der Waals surface area contributed by atoms with Crippen molar-refractivity contribution in [3.05, 3.63) is 12.2 Å². The van der Waals surface area contributed by atoms with Gasteiger partial charge in [-0.3, -0.25) is 0 Å². The zero-order chi connectivity index (χ0) is 17.0. The highest BCUT2D eigenvalue weighted by Gasteiger charge is 2.30. The first-order valence-electron chi connectivity index (χ1n) is 8.81. The van der Waals surface area contributed by atoms with Crippen molar-refractivity contribution in [3.8, 4) is 0 Å². The number of quaternary nitrogens is 1. The van der Waals surface area contributed by atoms with E-state index in [1.54, 1.807) is 6.92 Å². The number of aliphatic hydroxyl groups is 1. The molecule has 1 N–H and O–H groups in total. The summed E-state index contributed by atoms with van der Waals surface area (Å²) in [6.45, 7) is 11.0. The first-order valence-corrected chi connectivity index (χ1v) is 8.81. The second-order valence-electron chi connectivity index (χ2n) is 6.51. The van der Waals surface area contributed by atoms with Gasteiger partial charge in [0.05, 0.1) is 19.6 Å². The summed E-state index contributed by atoms with van der Waals surface area (Å²) in [5, 5.41) is 21.4. The number of carbonyl (C=O) groups excluding carboxylic acids is 1. The maximum absolute atomic E-state index is 11.1. The number of carbonyl (C=O) groups is 1. The van der Waals surface area contributed by atoms with Crippen LogP contribution in [0.25, 0.3) is 0 Å². The summed E-state index contributed by atoms with van der Waals surface area (Å²) in [4.78, 5) is 11.1. The van der Waals surface area contributed by atoms with E-state index >= 15 is 0 Å². The summed E-state index contributed by atoms with van der Waals surface area (Å²) in [5.74, 6) is -1.49. The summed E-state index contributed by atoms with van der Waals surface area (Å²) >= 11 is 0. The second-order valence-corrected chi connectivity index (χ2v) is 6.51. The molecular weight excluding hydrogens is 278 g/mol. The lowest BCUT2D eigenvalue weighted by molar-refractivity contribution is -0.932. The van der Waals surface area contributed by atoms with E-state index in [0.29, 0.717) is 17.6 Å². The standard InChI is InChI=1S/C18H35NO3/c1-5-8-9-10-11-17(20)15-19(12-6-2,13-7-3)14-16(4)18(21)22/h10-11,16-17,20H,5-9,12-15H2,1-4H3/b11-10+. The number of aliphatic carboxylic acids is 1. The van der Waals surface area contributed by atoms with Crippen LogP contribution in [0.2, 0.25) is 0 Å². The van der Waals surface area contributed by atoms with E-state index in [1.165, 1.54) is 0 Å². The number of hydrogen-bond donors (Lipinski definition) is 1. The number of nitrogens with zero attached hydrogens (tertiary/aromatic N) is 1. The van der Waals surface area contributed by atoms with Crippen molar-refractivity contribution in [2.24, 2.45) is 5.92 Å². The molecule has 0 saturated heterocycles. The molecule has 4 nitrogen and oxygen atoms in total. The Morgan fingerprint density at radius 3 is 2.18 bits per heavy atom. The van der Waals surface area contributed by atoms with Crippen LogP contribution in [-0.4, -0.2) is 47.8 Å². The molecule has 0 rings (SSSR count). The van der Waals surface area contributed by atoms with Gasteiger partial charge < -0.3 is 19.5 Å². The Morgan fingerprint density at radius 2 is 1.73 bits per heavy atom. The molecule has 0 amide bonds. The maximum atomic E-state index is 11.1. The van der Waals surface area contributed by atoms with Crippen molar-refractivity contribution in [3.63, 3.8) is 0 Å². The van der Waals surface area contributed by atoms with Crippen LogP contribution in [0.3, 0.4) is 0 Å². The Morgan fingerprint density at radius 1 is 1.14 bits per heavy atom. The minimum absolute atomic E-state index is 0.491. The zero-order valence-corrected chi connectivity index (χ0v) is 14.9. The van der Waals surface area contributed by atoms with Crippen LogP contribution in [0.15, 0.2) is 12.2 Å². The molecule has 0 bridgehead atoms. The van der Waals surface area contributed by atoms with Crippen molar-refractivity contribution in [1.82, 2.24) is 0 Å². The fraction of sp³-hybridized carbons (Fsp3) is 0.833. The smallest absolute Gasteiger partial charge is 0.121 e. The molecule has 0 heterocycles. The number of aliphatic hydroxyl groups excluding tert-OH is 1. The second kappa shape index (κ2) is 11.7. The van der Waals surface area contributed by atoms with Crippen molar-refractivity contribution >= 4 is 5.97 Å². The van der Waals surface area contributed by atoms with Gasteiger partial charge in [-0.1, -0.05) is 52.7 Å². The summed E-state index contributed by atoms with van der Waals surface area (Å²) in [5.41, 5.74) is 0. The lowest BCUT2D eigenvalue weighted by Crippen LogP contribution is -2.56. The molecule has 0 aromatic heterocycles. The third-order valence-corrected chi connectivity index (χ3v) is 4.12. The molecule has 2 atom stereocenters. The Bertz CT molecular complexity index is 322. The van der Waals surface area contributed by atoms with Gasteiger partial charge >= 0.3 is 0 Å². The predicted octanol–water partition coefficient (Wildman–Crippen LogP) is 2.12. The topological polar surface area (TPSA) is 60.4 Å². The van der Waals surface area contributed by atoms with E-state index in [-0.39, 0.29) is 0 Å². The number of carboxylic acid groups (broad SMARTS) is 1. The van der Waals surface area contributed by atoms with E-state index in [9.17, 15) is 15.0 Å². The Labute approximate surface area is 136 Å². The van der Waals surface area contributed by atoms with Gasteiger partial charge in [0.2, 0.25) is 0 Å². The molecule has 0 fully saturated rings. The Hall–Kier alpha value is -0.870. The first-order chi connectivity index (χ1) is 10.4. The van der Waals surface area contributed by atoms with Gasteiger partial charge in [-0.25, -0.2) is 0 Å². The minimum atomic E-state index is -0.998. The number of rotatable bonds is 13. The summed E-state index contributed by atoms with van der Waals surface area (Å²) in [7, 11) is 0. The van der Waals surface area contributed by atoms with Gasteiger partial charge in [0, 0.05) is 11.9 Å². The normalized spacial score (nSPS) is 15.1. The van der Waals surface area contributed by atoms with Crippen LogP contribution in [-0.2, 0) is 4.79 Å². The monoisotopic (exact) mass is 313 g/mol.